The molecule has 12 heteroatoms. The van der Waals surface area contributed by atoms with Crippen LogP contribution >= 0.6 is 0 Å². The highest BCUT2D eigenvalue weighted by molar-refractivity contribution is 5.87. The first-order chi connectivity index (χ1) is 18.7. The molecule has 6 nitrogen and oxygen atoms in total. The smallest absolute Gasteiger partial charge is 0.433 e. The number of carboxylic acids is 1. The van der Waals surface area contributed by atoms with Gasteiger partial charge in [0.2, 0.25) is 0 Å². The number of carboxylic acid groups (broad SMARTS) is 1. The molecule has 0 amide bonds. The van der Waals surface area contributed by atoms with Crippen molar-refractivity contribution in [1.82, 2.24) is 14.5 Å². The summed E-state index contributed by atoms with van der Waals surface area (Å²) in [7, 11) is 0. The number of hydrogen-bond acceptors (Lipinski definition) is 4. The minimum Gasteiger partial charge on any atom is -0.481 e. The largest absolute Gasteiger partial charge is 0.481 e. The zero-order chi connectivity index (χ0) is 29.3. The van der Waals surface area contributed by atoms with E-state index in [0.717, 1.165) is 46.6 Å². The molecule has 3 aromatic heterocycles. The number of carbonyl (C=O) groups excluding carboxylic acids is 1. The molecule has 0 spiro atoms. The molecule has 5 rings (SSSR count). The quantitative estimate of drug-likeness (QED) is 0.224. The molecular weight excluding hydrogens is 540 g/mol. The van der Waals surface area contributed by atoms with Crippen molar-refractivity contribution in [3.8, 4) is 0 Å². The van der Waals surface area contributed by atoms with Crippen molar-refractivity contribution in [3.63, 3.8) is 0 Å². The Kier molecular flexibility index (Phi) is 7.73. The molecule has 0 saturated carbocycles. The topological polar surface area (TPSA) is 85.1 Å². The Bertz CT molecular complexity index is 1530. The third-order valence-corrected chi connectivity index (χ3v) is 6.84. The van der Waals surface area contributed by atoms with Crippen molar-refractivity contribution in [1.29, 1.82) is 0 Å². The second-order valence-electron chi connectivity index (χ2n) is 9.71. The van der Waals surface area contributed by atoms with Crippen LogP contribution in [0.2, 0.25) is 0 Å². The van der Waals surface area contributed by atoms with Crippen LogP contribution in [0.5, 0.6) is 0 Å². The molecule has 4 aromatic rings. The van der Waals surface area contributed by atoms with Crippen LogP contribution in [-0.4, -0.2) is 31.9 Å². The molecule has 210 valence electrons. The molecule has 1 aliphatic heterocycles. The number of fused-ring (bicyclic) bond motifs is 3. The Hall–Kier alpha value is -4.22. The highest BCUT2D eigenvalue weighted by atomic mass is 19.4. The lowest BCUT2D eigenvalue weighted by atomic mass is 9.81. The van der Waals surface area contributed by atoms with Gasteiger partial charge in [-0.15, -0.1) is 0 Å². The summed E-state index contributed by atoms with van der Waals surface area (Å²) in [6.07, 6.45) is -4.71. The molecule has 40 heavy (non-hydrogen) atoms. The third-order valence-electron chi connectivity index (χ3n) is 6.84. The lowest BCUT2D eigenvalue weighted by molar-refractivity contribution is -0.149. The van der Waals surface area contributed by atoms with E-state index < -0.39 is 35.1 Å². The Balaban J connectivity index is 0.000000259. The number of aldehydes is 1. The molecule has 1 aromatic carbocycles. The summed E-state index contributed by atoms with van der Waals surface area (Å²) in [4.78, 5) is 28.4. The molecule has 1 N–H and O–H groups in total. The van der Waals surface area contributed by atoms with E-state index in [0.29, 0.717) is 37.7 Å². The van der Waals surface area contributed by atoms with Gasteiger partial charge < -0.3 is 9.67 Å². The molecule has 1 atom stereocenters. The Labute approximate surface area is 224 Å². The van der Waals surface area contributed by atoms with E-state index in [4.69, 9.17) is 0 Å². The van der Waals surface area contributed by atoms with Gasteiger partial charge in [-0.05, 0) is 55.2 Å². The number of rotatable bonds is 4. The van der Waals surface area contributed by atoms with Gasteiger partial charge in [0.05, 0.1) is 5.41 Å². The predicted octanol–water partition coefficient (Wildman–Crippen LogP) is 6.60. The van der Waals surface area contributed by atoms with E-state index in [2.05, 4.69) is 14.5 Å². The molecule has 0 bridgehead atoms. The predicted molar refractivity (Wildman–Crippen MR) is 133 cm³/mol. The maximum absolute atomic E-state index is 12.8. The normalized spacial score (nSPS) is 17.1. The molecule has 1 aliphatic rings. The summed E-state index contributed by atoms with van der Waals surface area (Å²) >= 11 is 0. The van der Waals surface area contributed by atoms with E-state index in [1.54, 1.807) is 6.92 Å². The number of para-hydroxylation sites is 1. The lowest BCUT2D eigenvalue weighted by Crippen LogP contribution is -2.37. The lowest BCUT2D eigenvalue weighted by Gasteiger charge is -2.32. The van der Waals surface area contributed by atoms with E-state index in [9.17, 15) is 41.0 Å². The summed E-state index contributed by atoms with van der Waals surface area (Å²) in [5.41, 5.74) is 1.14. The van der Waals surface area contributed by atoms with Crippen molar-refractivity contribution in [2.75, 3.05) is 0 Å². The number of hydrogen-bond donors (Lipinski definition) is 1. The molecule has 0 radical (unpaired) electrons. The molecule has 0 saturated heterocycles. The zero-order valence-corrected chi connectivity index (χ0v) is 21.1. The first-order valence-electron chi connectivity index (χ1n) is 12.1. The minimum absolute atomic E-state index is 0.128. The highest BCUT2D eigenvalue weighted by Crippen LogP contribution is 2.39. The van der Waals surface area contributed by atoms with Crippen LogP contribution in [0.1, 0.15) is 51.9 Å². The SMILES string of the molecule is CC1(C(=O)O)CCc2c(Cc3ccc(C(F)(F)F)nc3)c3ccccc3n2C1.O=Cc1ccc(C(F)(F)F)nc1. The van der Waals surface area contributed by atoms with Crippen molar-refractivity contribution >= 4 is 23.2 Å². The van der Waals surface area contributed by atoms with Crippen molar-refractivity contribution in [2.45, 2.75) is 45.1 Å². The highest BCUT2D eigenvalue weighted by Gasteiger charge is 2.39. The average Bonchev–Trinajstić information content (AvgIpc) is 3.21. The van der Waals surface area contributed by atoms with Crippen molar-refractivity contribution in [3.05, 3.63) is 94.7 Å². The van der Waals surface area contributed by atoms with Gasteiger partial charge in [0.1, 0.15) is 11.4 Å². The van der Waals surface area contributed by atoms with Crippen LogP contribution in [0.25, 0.3) is 10.9 Å². The number of nitrogens with zero attached hydrogens (tertiary/aromatic N) is 3. The van der Waals surface area contributed by atoms with E-state index in [1.165, 1.54) is 12.3 Å². The number of benzene rings is 1. The van der Waals surface area contributed by atoms with E-state index in [1.807, 2.05) is 24.3 Å². The molecule has 0 aliphatic carbocycles. The summed E-state index contributed by atoms with van der Waals surface area (Å²) < 4.78 is 75.9. The Morgan fingerprint density at radius 2 is 1.60 bits per heavy atom. The molecular formula is C28H23F6N3O3. The summed E-state index contributed by atoms with van der Waals surface area (Å²) in [6, 6.07) is 12.1. The fourth-order valence-corrected chi connectivity index (χ4v) is 4.63. The van der Waals surface area contributed by atoms with Crippen molar-refractivity contribution < 1.29 is 41.0 Å². The van der Waals surface area contributed by atoms with Crippen LogP contribution in [0.15, 0.2) is 60.9 Å². The number of halogens is 6. The van der Waals surface area contributed by atoms with Gasteiger partial charge >= 0.3 is 18.3 Å². The first-order valence-corrected chi connectivity index (χ1v) is 12.1. The van der Waals surface area contributed by atoms with Crippen LogP contribution < -0.4 is 0 Å². The number of aliphatic carboxylic acids is 1. The maximum atomic E-state index is 12.8. The Morgan fingerprint density at radius 1 is 0.975 bits per heavy atom. The van der Waals surface area contributed by atoms with Gasteiger partial charge in [-0.2, -0.15) is 26.3 Å². The van der Waals surface area contributed by atoms with Crippen molar-refractivity contribution in [2.24, 2.45) is 5.41 Å². The monoisotopic (exact) mass is 563 g/mol. The fourth-order valence-electron chi connectivity index (χ4n) is 4.63. The number of pyridine rings is 2. The van der Waals surface area contributed by atoms with Crippen LogP contribution in [0.3, 0.4) is 0 Å². The van der Waals surface area contributed by atoms with Crippen LogP contribution in [-0.2, 0) is 36.5 Å². The molecule has 0 fully saturated rings. The van der Waals surface area contributed by atoms with Gasteiger partial charge in [-0.1, -0.05) is 24.3 Å². The zero-order valence-electron chi connectivity index (χ0n) is 21.1. The van der Waals surface area contributed by atoms with E-state index >= 15 is 0 Å². The summed E-state index contributed by atoms with van der Waals surface area (Å²) in [5.74, 6) is -0.815. The third kappa shape index (κ3) is 6.00. The van der Waals surface area contributed by atoms with Crippen LogP contribution in [0.4, 0.5) is 26.3 Å². The van der Waals surface area contributed by atoms with Gasteiger partial charge in [0, 0.05) is 47.5 Å². The standard InChI is InChI=1S/C21H19F3N2O2.C7H4F3NO/c1-20(19(27)28)9-8-17-15(14-4-2-3-5-16(14)26(17)12-20)10-13-6-7-18(25-11-13)21(22,23)24;8-7(9,10)6-2-1-5(4-12)3-11-6/h2-7,11H,8-10,12H2,1H3,(H,27,28);1-4H. The second kappa shape index (κ2) is 10.7. The average molecular weight is 563 g/mol. The second-order valence-corrected chi connectivity index (χ2v) is 9.71. The van der Waals surface area contributed by atoms with Gasteiger partial charge in [-0.3, -0.25) is 19.6 Å². The van der Waals surface area contributed by atoms with Gasteiger partial charge in [0.25, 0.3) is 0 Å². The minimum atomic E-state index is -4.46. The maximum Gasteiger partial charge on any atom is 0.433 e. The fraction of sp³-hybridized carbons (Fsp3) is 0.286. The summed E-state index contributed by atoms with van der Waals surface area (Å²) in [5, 5.41) is 10.6. The number of alkyl halides is 6. The van der Waals surface area contributed by atoms with Gasteiger partial charge in [0.15, 0.2) is 6.29 Å². The van der Waals surface area contributed by atoms with E-state index in [-0.39, 0.29) is 5.56 Å². The van der Waals surface area contributed by atoms with Gasteiger partial charge in [-0.25, -0.2) is 0 Å². The summed E-state index contributed by atoms with van der Waals surface area (Å²) in [6.45, 7) is 2.13. The first kappa shape index (κ1) is 28.8. The molecule has 1 unspecified atom stereocenters. The van der Waals surface area contributed by atoms with Crippen LogP contribution in [0, 0.1) is 5.41 Å². The molecule has 4 heterocycles. The Morgan fingerprint density at radius 3 is 2.12 bits per heavy atom. The number of carbonyl (C=O) groups is 2. The number of aromatic nitrogens is 3.